The Morgan fingerprint density at radius 3 is 1.42 bits per heavy atom. The van der Waals surface area contributed by atoms with Crippen LogP contribution < -0.4 is 0 Å². The van der Waals surface area contributed by atoms with Crippen molar-refractivity contribution in [2.45, 2.75) is 127 Å². The first-order chi connectivity index (χ1) is 21.0. The summed E-state index contributed by atoms with van der Waals surface area (Å²) >= 11 is 0.00694. The predicted octanol–water partition coefficient (Wildman–Crippen LogP) is 8.21. The Bertz CT molecular complexity index is 993. The number of hydrogen-bond acceptors (Lipinski definition) is 5. The first kappa shape index (κ1) is 34.9. The molecule has 2 bridgehead atoms. The second-order valence-corrected chi connectivity index (χ2v) is 13.8. The van der Waals surface area contributed by atoms with E-state index < -0.39 is 11.9 Å². The average molecular weight is 678 g/mol. The monoisotopic (exact) mass is 676 g/mol. The Labute approximate surface area is 271 Å². The number of ether oxygens (including phenoxy) is 2. The van der Waals surface area contributed by atoms with E-state index in [9.17, 15) is 9.59 Å². The van der Waals surface area contributed by atoms with E-state index >= 15 is 0 Å². The van der Waals surface area contributed by atoms with Gasteiger partial charge in [-0.05, 0) is 24.3 Å². The number of rotatable bonds is 3. The maximum absolute atomic E-state index is 13.4. The minimum absolute atomic E-state index is 0.00694. The second kappa shape index (κ2) is 18.2. The van der Waals surface area contributed by atoms with Crippen molar-refractivity contribution in [3.05, 3.63) is 49.3 Å². The fourth-order valence-electron chi connectivity index (χ4n) is 7.29. The number of halogens is 2. The molecule has 12 heteroatoms. The van der Waals surface area contributed by atoms with Gasteiger partial charge >= 0.3 is 45.3 Å². The van der Waals surface area contributed by atoms with E-state index in [0.29, 0.717) is 35.6 Å². The molecular weight excluding hydrogens is 632 g/mol. The van der Waals surface area contributed by atoms with Gasteiger partial charge < -0.3 is 30.7 Å². The molecule has 4 atom stereocenters. The van der Waals surface area contributed by atoms with Crippen LogP contribution >= 0.6 is 20.2 Å². The van der Waals surface area contributed by atoms with E-state index in [1.165, 1.54) is 14.2 Å². The number of aromatic nitrogens is 1. The first-order valence-corrected chi connectivity index (χ1v) is 19.0. The summed E-state index contributed by atoms with van der Waals surface area (Å²) in [5.74, 6) is -0.851. The van der Waals surface area contributed by atoms with Crippen LogP contribution in [0.15, 0.2) is 0 Å². The molecule has 0 amide bonds. The second-order valence-electron chi connectivity index (χ2n) is 11.9. The van der Waals surface area contributed by atoms with Gasteiger partial charge in [-0.15, -0.1) is 13.1 Å². The molecule has 0 aromatic carbocycles. The fraction of sp³-hybridized carbons (Fsp3) is 0.774. The van der Waals surface area contributed by atoms with Gasteiger partial charge in [-0.1, -0.05) is 70.6 Å². The quantitative estimate of drug-likeness (QED) is 0.236. The zero-order chi connectivity index (χ0) is 30.6. The molecule has 1 aromatic rings. The number of nitrogens with zero attached hydrogens (tertiary/aromatic N) is 5. The van der Waals surface area contributed by atoms with Crippen molar-refractivity contribution in [1.29, 1.82) is 0 Å². The molecule has 3 fully saturated rings. The van der Waals surface area contributed by atoms with Gasteiger partial charge in [-0.2, -0.15) is 37.3 Å². The fourth-order valence-corrected chi connectivity index (χ4v) is 7.29. The Morgan fingerprint density at radius 1 is 0.651 bits per heavy atom. The third-order valence-corrected chi connectivity index (χ3v) is 9.34. The van der Waals surface area contributed by atoms with Gasteiger partial charge in [0.15, 0.2) is 0 Å². The SMILES string of the molecule is COC(=O)c1c2nc(c(C(=O)OC)c1C1CCCCC1)C[N-][C@@H]1CCCC[C@H]1[N-]CC[N-]C1CCCCC1[N-]C2.[Cl][Mn][Cl]. The van der Waals surface area contributed by atoms with Crippen molar-refractivity contribution in [3.8, 4) is 0 Å². The van der Waals surface area contributed by atoms with Gasteiger partial charge in [0.25, 0.3) is 0 Å². The summed E-state index contributed by atoms with van der Waals surface area (Å²) in [5, 5.41) is 20.3. The van der Waals surface area contributed by atoms with Crippen LogP contribution in [0.3, 0.4) is 0 Å². The number of pyridine rings is 1. The number of fused-ring (bicyclic) bond motifs is 4. The van der Waals surface area contributed by atoms with Crippen molar-refractivity contribution < 1.29 is 32.2 Å². The van der Waals surface area contributed by atoms with E-state index in [0.717, 1.165) is 102 Å². The van der Waals surface area contributed by atoms with Crippen molar-refractivity contribution >= 4 is 32.1 Å². The Morgan fingerprint density at radius 2 is 1.02 bits per heavy atom. The molecule has 9 nitrogen and oxygen atoms in total. The van der Waals surface area contributed by atoms with E-state index in [1.807, 2.05) is 0 Å². The van der Waals surface area contributed by atoms with Crippen LogP contribution in [0.5, 0.6) is 0 Å². The molecule has 2 unspecified atom stereocenters. The van der Waals surface area contributed by atoms with Crippen molar-refractivity contribution in [1.82, 2.24) is 4.98 Å². The van der Waals surface area contributed by atoms with Crippen molar-refractivity contribution in [3.63, 3.8) is 0 Å². The van der Waals surface area contributed by atoms with Crippen molar-refractivity contribution in [2.24, 2.45) is 0 Å². The molecule has 5 rings (SSSR count). The van der Waals surface area contributed by atoms with E-state index in [1.54, 1.807) is 0 Å². The molecule has 0 saturated heterocycles. The summed E-state index contributed by atoms with van der Waals surface area (Å²) in [6.07, 6.45) is 13.7. The standard InChI is InChI=1S/C31H45N5O4.2ClH.Mn/c1-39-30(37)28-25-18-34-23-14-8-6-12-21(23)32-16-17-33-22-13-7-9-15-24(22)35-19-26(36-25)29(31(38)40-2)27(28)20-10-4-3-5-11-20;;;/h20-24H,3-19H2,1-2H3;2*1H;/q-4;;;+2/p-2/t21-,22?,23-,24?;;;/m1.../s1. The van der Waals surface area contributed by atoms with E-state index in [2.05, 4.69) is 0 Å². The molecule has 1 aliphatic heterocycles. The summed E-state index contributed by atoms with van der Waals surface area (Å²) in [7, 11) is 12.4. The normalized spacial score (nSPS) is 27.2. The Hall–Kier alpha value is -0.971. The molecule has 243 valence electrons. The zero-order valence-electron chi connectivity index (χ0n) is 25.4. The van der Waals surface area contributed by atoms with Gasteiger partial charge in [0.2, 0.25) is 0 Å². The minimum atomic E-state index is -0.458. The summed E-state index contributed by atoms with van der Waals surface area (Å²) in [6, 6.07) is 0.545. The van der Waals surface area contributed by atoms with Gasteiger partial charge in [0, 0.05) is 11.4 Å². The van der Waals surface area contributed by atoms with Crippen LogP contribution in [-0.2, 0) is 35.7 Å². The van der Waals surface area contributed by atoms with Crippen LogP contribution in [0.1, 0.15) is 127 Å². The van der Waals surface area contributed by atoms with Gasteiger partial charge in [-0.25, -0.2) is 9.59 Å². The number of carbonyl (C=O) groups excluding carboxylic acids is 2. The van der Waals surface area contributed by atoms with E-state index in [-0.39, 0.29) is 43.2 Å². The summed E-state index contributed by atoms with van der Waals surface area (Å²) in [4.78, 5) is 31.9. The number of hydrogen-bond donors (Lipinski definition) is 0. The van der Waals surface area contributed by atoms with Crippen molar-refractivity contribution in [2.75, 3.05) is 27.3 Å². The topological polar surface area (TPSA) is 122 Å². The molecule has 1 aromatic heterocycles. The molecule has 0 radical (unpaired) electrons. The Balaban J connectivity index is 0.00000135. The van der Waals surface area contributed by atoms with E-state index in [4.69, 9.17) is 55.9 Å². The summed E-state index contributed by atoms with van der Waals surface area (Å²) in [5.41, 5.74) is 2.73. The molecule has 2 heterocycles. The third kappa shape index (κ3) is 9.29. The van der Waals surface area contributed by atoms with Crippen LogP contribution in [0, 0.1) is 0 Å². The zero-order valence-corrected chi connectivity index (χ0v) is 28.1. The molecule has 3 aliphatic carbocycles. The summed E-state index contributed by atoms with van der Waals surface area (Å²) in [6.45, 7) is 2.03. The van der Waals surface area contributed by atoms with Gasteiger partial charge in [-0.3, -0.25) is 4.98 Å². The molecule has 3 saturated carbocycles. The van der Waals surface area contributed by atoms with Crippen LogP contribution in [0.25, 0.3) is 21.3 Å². The average Bonchev–Trinajstić information content (AvgIpc) is 3.05. The molecule has 0 spiro atoms. The maximum atomic E-state index is 13.4. The number of methoxy groups -OCH3 is 2. The molecule has 43 heavy (non-hydrogen) atoms. The first-order valence-electron chi connectivity index (χ1n) is 15.8. The van der Waals surface area contributed by atoms with Crippen LogP contribution in [0.2, 0.25) is 0 Å². The predicted molar refractivity (Wildman–Crippen MR) is 167 cm³/mol. The third-order valence-electron chi connectivity index (χ3n) is 9.34. The summed E-state index contributed by atoms with van der Waals surface area (Å²) < 4.78 is 10.6. The number of carbonyl (C=O) groups is 2. The van der Waals surface area contributed by atoms with Crippen LogP contribution in [0.4, 0.5) is 0 Å². The molecule has 4 aliphatic rings. The molecule has 0 N–H and O–H groups in total. The molecular formula is C31H45Cl2MnN5O4-4. The van der Waals surface area contributed by atoms with Crippen LogP contribution in [-0.4, -0.2) is 68.4 Å². The Kier molecular flexibility index (Phi) is 14.8. The number of esters is 2. The van der Waals surface area contributed by atoms with Gasteiger partial charge in [0.1, 0.15) is 0 Å². The van der Waals surface area contributed by atoms with Gasteiger partial charge in [0.05, 0.1) is 25.3 Å².